The second-order valence-electron chi connectivity index (χ2n) is 3.06. The van der Waals surface area contributed by atoms with Crippen molar-refractivity contribution in [3.05, 3.63) is 0 Å². The van der Waals surface area contributed by atoms with Crippen LogP contribution in [0.4, 0.5) is 0 Å². The summed E-state index contributed by atoms with van der Waals surface area (Å²) in [6.45, 7) is 5.35. The van der Waals surface area contributed by atoms with Gasteiger partial charge in [0, 0.05) is 20.3 Å². The van der Waals surface area contributed by atoms with Gasteiger partial charge >= 0.3 is 11.9 Å². The zero-order valence-electron chi connectivity index (χ0n) is 10.1. The molecular weight excluding hydrogens is 228 g/mol. The Balaban J connectivity index is 4.98. The molecule has 7 nitrogen and oxygen atoms in total. The molecule has 0 aromatic heterocycles. The summed E-state index contributed by atoms with van der Waals surface area (Å²) >= 11 is 0. The lowest BCUT2D eigenvalue weighted by Gasteiger charge is -2.01. The molecule has 0 amide bonds. The van der Waals surface area contributed by atoms with E-state index in [1.807, 2.05) is 0 Å². The summed E-state index contributed by atoms with van der Waals surface area (Å²) in [7, 11) is 0. The molecule has 0 spiro atoms. The Hall–Kier alpha value is -2.05. The van der Waals surface area contributed by atoms with Crippen molar-refractivity contribution in [2.45, 2.75) is 34.1 Å². The minimum atomic E-state index is -0.660. The van der Waals surface area contributed by atoms with E-state index < -0.39 is 11.9 Å². The van der Waals surface area contributed by atoms with E-state index in [1.54, 1.807) is 6.92 Å². The molecule has 17 heavy (non-hydrogen) atoms. The van der Waals surface area contributed by atoms with Crippen molar-refractivity contribution in [1.82, 2.24) is 0 Å². The van der Waals surface area contributed by atoms with Crippen LogP contribution in [-0.4, -0.2) is 29.1 Å². The zero-order valence-corrected chi connectivity index (χ0v) is 10.1. The molecule has 0 fully saturated rings. The summed E-state index contributed by atoms with van der Waals surface area (Å²) in [5, 5.41) is 6.76. The summed E-state index contributed by atoms with van der Waals surface area (Å²) < 4.78 is 0. The first-order valence-corrected chi connectivity index (χ1v) is 4.89. The third-order valence-electron chi connectivity index (χ3n) is 1.50. The molecule has 0 unspecified atom stereocenters. The fourth-order valence-corrected chi connectivity index (χ4v) is 0.772. The highest BCUT2D eigenvalue weighted by Crippen LogP contribution is 1.95. The van der Waals surface area contributed by atoms with Gasteiger partial charge in [-0.15, -0.1) is 0 Å². The maximum absolute atomic E-state index is 11.5. The van der Waals surface area contributed by atoms with Crippen LogP contribution >= 0.6 is 0 Å². The maximum atomic E-state index is 11.5. The van der Waals surface area contributed by atoms with Crippen molar-refractivity contribution < 1.29 is 24.1 Å². The Morgan fingerprint density at radius 3 is 1.82 bits per heavy atom. The van der Waals surface area contributed by atoms with Gasteiger partial charge in [0.2, 0.25) is 0 Å². The van der Waals surface area contributed by atoms with Crippen molar-refractivity contribution in [1.29, 1.82) is 0 Å². The number of nitrogens with zero attached hydrogens (tertiary/aromatic N) is 2. The Bertz CT molecular complexity index is 384. The molecule has 0 saturated carbocycles. The normalized spacial score (nSPS) is 12.0. The molecule has 0 heterocycles. The summed E-state index contributed by atoms with van der Waals surface area (Å²) in [6.07, 6.45) is 0.160. The molecule has 94 valence electrons. The number of oxime groups is 2. The number of hydrogen-bond donors (Lipinski definition) is 0. The molecule has 0 aliphatic heterocycles. The molecule has 0 N–H and O–H groups in total. The zero-order chi connectivity index (χ0) is 13.4. The Labute approximate surface area is 98.4 Å². The summed E-state index contributed by atoms with van der Waals surface area (Å²) in [5.74, 6) is -1.66. The quantitative estimate of drug-likeness (QED) is 0.404. The van der Waals surface area contributed by atoms with Crippen LogP contribution in [0.2, 0.25) is 0 Å². The van der Waals surface area contributed by atoms with E-state index in [2.05, 4.69) is 20.0 Å². The number of hydrogen-bond acceptors (Lipinski definition) is 7. The van der Waals surface area contributed by atoms with Gasteiger partial charge < -0.3 is 9.68 Å². The van der Waals surface area contributed by atoms with Gasteiger partial charge in [-0.25, -0.2) is 9.59 Å². The van der Waals surface area contributed by atoms with Gasteiger partial charge in [0.25, 0.3) is 0 Å². The number of ketones is 1. The largest absolute Gasteiger partial charge is 0.332 e. The van der Waals surface area contributed by atoms with Crippen LogP contribution in [0.5, 0.6) is 0 Å². The maximum Gasteiger partial charge on any atom is 0.332 e. The summed E-state index contributed by atoms with van der Waals surface area (Å²) in [5.41, 5.74) is -0.0859. The van der Waals surface area contributed by atoms with Crippen molar-refractivity contribution >= 4 is 29.1 Å². The molecule has 7 heteroatoms. The van der Waals surface area contributed by atoms with Crippen LogP contribution in [0.15, 0.2) is 10.3 Å². The van der Waals surface area contributed by atoms with E-state index in [0.717, 1.165) is 6.92 Å². The van der Waals surface area contributed by atoms with Crippen LogP contribution in [-0.2, 0) is 24.1 Å². The SMILES string of the molecule is CCC(=O)C(=NOC(C)=O)C(C)=NOC(C)=O. The van der Waals surface area contributed by atoms with Gasteiger partial charge in [-0.1, -0.05) is 17.2 Å². The second-order valence-corrected chi connectivity index (χ2v) is 3.06. The van der Waals surface area contributed by atoms with Crippen LogP contribution in [0.25, 0.3) is 0 Å². The van der Waals surface area contributed by atoms with Crippen LogP contribution in [0, 0.1) is 0 Å². The van der Waals surface area contributed by atoms with E-state index in [9.17, 15) is 14.4 Å². The topological polar surface area (TPSA) is 94.4 Å². The Morgan fingerprint density at radius 2 is 1.41 bits per heavy atom. The lowest BCUT2D eigenvalue weighted by atomic mass is 10.1. The molecule has 0 aromatic carbocycles. The molecule has 0 saturated heterocycles. The minimum Gasteiger partial charge on any atom is -0.318 e. The molecule has 0 radical (unpaired) electrons. The third kappa shape index (κ3) is 6.18. The number of Topliss-reactive ketones (excluding diaryl/α,β-unsaturated/α-hetero) is 1. The average molecular weight is 242 g/mol. The predicted octanol–water partition coefficient (Wildman–Crippen LogP) is 0.824. The highest BCUT2D eigenvalue weighted by atomic mass is 16.7. The monoisotopic (exact) mass is 242 g/mol. The summed E-state index contributed by atoms with van der Waals surface area (Å²) in [6, 6.07) is 0. The van der Waals surface area contributed by atoms with E-state index in [-0.39, 0.29) is 23.6 Å². The smallest absolute Gasteiger partial charge is 0.318 e. The first kappa shape index (κ1) is 14.9. The van der Waals surface area contributed by atoms with E-state index >= 15 is 0 Å². The molecule has 0 aromatic rings. The fraction of sp³-hybridized carbons (Fsp3) is 0.500. The third-order valence-corrected chi connectivity index (χ3v) is 1.50. The van der Waals surface area contributed by atoms with E-state index in [4.69, 9.17) is 0 Å². The van der Waals surface area contributed by atoms with Gasteiger partial charge in [-0.3, -0.25) is 4.79 Å². The van der Waals surface area contributed by atoms with Crippen molar-refractivity contribution in [3.8, 4) is 0 Å². The van der Waals surface area contributed by atoms with Crippen LogP contribution in [0.3, 0.4) is 0 Å². The fourth-order valence-electron chi connectivity index (χ4n) is 0.772. The van der Waals surface area contributed by atoms with Crippen molar-refractivity contribution in [2.75, 3.05) is 0 Å². The first-order valence-electron chi connectivity index (χ1n) is 4.89. The highest BCUT2D eigenvalue weighted by molar-refractivity contribution is 6.66. The number of rotatable bonds is 5. The predicted molar refractivity (Wildman–Crippen MR) is 59.4 cm³/mol. The van der Waals surface area contributed by atoms with Crippen LogP contribution < -0.4 is 0 Å². The minimum absolute atomic E-state index is 0.0632. The molecule has 0 aliphatic rings. The molecule has 0 atom stereocenters. The van der Waals surface area contributed by atoms with Gasteiger partial charge in [0.15, 0.2) is 11.5 Å². The molecule has 0 rings (SSSR count). The van der Waals surface area contributed by atoms with Gasteiger partial charge in [0.1, 0.15) is 5.71 Å². The second kappa shape index (κ2) is 7.26. The van der Waals surface area contributed by atoms with E-state index in [0.29, 0.717) is 0 Å². The average Bonchev–Trinajstić information content (AvgIpc) is 2.25. The Morgan fingerprint density at radius 1 is 0.941 bits per heavy atom. The molecule has 0 aliphatic carbocycles. The van der Waals surface area contributed by atoms with Gasteiger partial charge in [0.05, 0.1) is 0 Å². The molecule has 0 bridgehead atoms. The van der Waals surface area contributed by atoms with Gasteiger partial charge in [-0.05, 0) is 6.92 Å². The Kier molecular flexibility index (Phi) is 6.39. The lowest BCUT2D eigenvalue weighted by Crippen LogP contribution is -2.23. The number of carbonyl (C=O) groups is 3. The van der Waals surface area contributed by atoms with Crippen LogP contribution in [0.1, 0.15) is 34.1 Å². The number of carbonyl (C=O) groups excluding carboxylic acids is 3. The van der Waals surface area contributed by atoms with E-state index in [1.165, 1.54) is 13.8 Å². The molecular formula is C10H14N2O5. The van der Waals surface area contributed by atoms with Crippen molar-refractivity contribution in [3.63, 3.8) is 0 Å². The first-order chi connectivity index (χ1) is 7.88. The van der Waals surface area contributed by atoms with Crippen molar-refractivity contribution in [2.24, 2.45) is 10.3 Å². The standard InChI is InChI=1S/C10H14N2O5/c1-5-9(15)10(12-17-8(4)14)6(2)11-16-7(3)13/h5H2,1-4H3. The lowest BCUT2D eigenvalue weighted by molar-refractivity contribution is -0.142. The highest BCUT2D eigenvalue weighted by Gasteiger charge is 2.15. The van der Waals surface area contributed by atoms with Gasteiger partial charge in [-0.2, -0.15) is 0 Å². The summed E-state index contributed by atoms with van der Waals surface area (Å²) in [4.78, 5) is 41.3.